The highest BCUT2D eigenvalue weighted by molar-refractivity contribution is 7.20. The lowest BCUT2D eigenvalue weighted by molar-refractivity contribution is 0.0955. The first kappa shape index (κ1) is 14.7. The second-order valence-electron chi connectivity index (χ2n) is 4.18. The Labute approximate surface area is 120 Å². The van der Waals surface area contributed by atoms with Crippen molar-refractivity contribution in [1.82, 2.24) is 15.3 Å². The summed E-state index contributed by atoms with van der Waals surface area (Å²) in [5.74, 6) is 0.363. The summed E-state index contributed by atoms with van der Waals surface area (Å²) in [6.45, 7) is 4.78. The van der Waals surface area contributed by atoms with E-state index in [1.165, 1.54) is 17.7 Å². The van der Waals surface area contributed by atoms with Crippen LogP contribution in [-0.2, 0) is 0 Å². The van der Waals surface area contributed by atoms with Crippen LogP contribution in [-0.4, -0.2) is 40.7 Å². The van der Waals surface area contributed by atoms with Crippen molar-refractivity contribution in [2.45, 2.75) is 20.3 Å². The van der Waals surface area contributed by atoms with Crippen molar-refractivity contribution < 1.29 is 14.6 Å². The van der Waals surface area contributed by atoms with E-state index in [2.05, 4.69) is 15.3 Å². The van der Waals surface area contributed by atoms with E-state index in [-0.39, 0.29) is 12.5 Å². The summed E-state index contributed by atoms with van der Waals surface area (Å²) in [6, 6.07) is 0. The Balaban J connectivity index is 2.33. The van der Waals surface area contributed by atoms with Gasteiger partial charge in [0.05, 0.1) is 16.9 Å². The fourth-order valence-corrected chi connectivity index (χ4v) is 2.92. The van der Waals surface area contributed by atoms with Crippen LogP contribution in [0.4, 0.5) is 0 Å². The largest absolute Gasteiger partial charge is 0.477 e. The van der Waals surface area contributed by atoms with E-state index in [1.54, 1.807) is 0 Å². The lowest BCUT2D eigenvalue weighted by Crippen LogP contribution is -2.24. The maximum Gasteiger partial charge on any atom is 0.261 e. The summed E-state index contributed by atoms with van der Waals surface area (Å²) in [4.78, 5) is 21.8. The molecular formula is C13H17N3O3S. The molecule has 0 saturated heterocycles. The third-order valence-corrected chi connectivity index (χ3v) is 4.00. The maximum atomic E-state index is 12.1. The molecule has 6 nitrogen and oxygen atoms in total. The van der Waals surface area contributed by atoms with Gasteiger partial charge in [-0.3, -0.25) is 4.79 Å². The molecule has 0 aliphatic carbocycles. The quantitative estimate of drug-likeness (QED) is 0.789. The Bertz CT molecular complexity index is 612. The minimum atomic E-state index is -0.151. The SMILES string of the molecule is CCOc1ncnc2sc(C(=O)NCCCO)c(C)c12. The summed E-state index contributed by atoms with van der Waals surface area (Å²) in [6.07, 6.45) is 1.98. The Kier molecular flexibility index (Phi) is 4.86. The van der Waals surface area contributed by atoms with Crippen molar-refractivity contribution in [3.8, 4) is 5.88 Å². The van der Waals surface area contributed by atoms with Crippen molar-refractivity contribution in [2.75, 3.05) is 19.8 Å². The number of aliphatic hydroxyl groups excluding tert-OH is 1. The van der Waals surface area contributed by atoms with Gasteiger partial charge >= 0.3 is 0 Å². The molecule has 108 valence electrons. The van der Waals surface area contributed by atoms with E-state index in [0.717, 1.165) is 15.8 Å². The van der Waals surface area contributed by atoms with Crippen LogP contribution in [0.5, 0.6) is 5.88 Å². The number of aromatic nitrogens is 2. The highest BCUT2D eigenvalue weighted by atomic mass is 32.1. The topological polar surface area (TPSA) is 84.3 Å². The highest BCUT2D eigenvalue weighted by Crippen LogP contribution is 2.34. The van der Waals surface area contributed by atoms with E-state index >= 15 is 0 Å². The van der Waals surface area contributed by atoms with Crippen LogP contribution < -0.4 is 10.1 Å². The predicted octanol–water partition coefficient (Wildman–Crippen LogP) is 1.51. The van der Waals surface area contributed by atoms with Gasteiger partial charge in [-0.1, -0.05) is 0 Å². The molecule has 2 aromatic heterocycles. The number of hydrogen-bond acceptors (Lipinski definition) is 6. The van der Waals surface area contributed by atoms with Gasteiger partial charge in [0.1, 0.15) is 11.2 Å². The average molecular weight is 295 g/mol. The zero-order chi connectivity index (χ0) is 14.5. The number of nitrogens with zero attached hydrogens (tertiary/aromatic N) is 2. The van der Waals surface area contributed by atoms with Gasteiger partial charge in [-0.15, -0.1) is 11.3 Å². The summed E-state index contributed by atoms with van der Waals surface area (Å²) in [7, 11) is 0. The van der Waals surface area contributed by atoms with Crippen molar-refractivity contribution in [1.29, 1.82) is 0 Å². The van der Waals surface area contributed by atoms with Gasteiger partial charge in [0, 0.05) is 13.2 Å². The predicted molar refractivity (Wildman–Crippen MR) is 77.4 cm³/mol. The van der Waals surface area contributed by atoms with Gasteiger partial charge in [0.25, 0.3) is 5.91 Å². The molecule has 2 aromatic rings. The lowest BCUT2D eigenvalue weighted by Gasteiger charge is -2.04. The molecule has 20 heavy (non-hydrogen) atoms. The molecule has 0 unspecified atom stereocenters. The summed E-state index contributed by atoms with van der Waals surface area (Å²) in [5.41, 5.74) is 0.829. The smallest absolute Gasteiger partial charge is 0.261 e. The van der Waals surface area contributed by atoms with Crippen molar-refractivity contribution in [3.63, 3.8) is 0 Å². The monoisotopic (exact) mass is 295 g/mol. The van der Waals surface area contributed by atoms with Gasteiger partial charge in [0.15, 0.2) is 0 Å². The van der Waals surface area contributed by atoms with E-state index in [9.17, 15) is 4.79 Å². The zero-order valence-electron chi connectivity index (χ0n) is 11.5. The van der Waals surface area contributed by atoms with Gasteiger partial charge in [-0.05, 0) is 25.8 Å². The number of rotatable bonds is 6. The number of aryl methyl sites for hydroxylation is 1. The highest BCUT2D eigenvalue weighted by Gasteiger charge is 2.19. The number of carbonyl (C=O) groups is 1. The van der Waals surface area contributed by atoms with Crippen molar-refractivity contribution >= 4 is 27.5 Å². The van der Waals surface area contributed by atoms with Crippen LogP contribution in [0.3, 0.4) is 0 Å². The van der Waals surface area contributed by atoms with Crippen LogP contribution >= 0.6 is 11.3 Å². The molecule has 2 N–H and O–H groups in total. The molecule has 0 aliphatic rings. The number of ether oxygens (including phenoxy) is 1. The lowest BCUT2D eigenvalue weighted by atomic mass is 10.2. The molecule has 2 rings (SSSR count). The third kappa shape index (κ3) is 2.88. The van der Waals surface area contributed by atoms with Crippen LogP contribution in [0, 0.1) is 6.92 Å². The van der Waals surface area contributed by atoms with E-state index in [0.29, 0.717) is 30.3 Å². The number of nitrogens with one attached hydrogen (secondary N) is 1. The minimum Gasteiger partial charge on any atom is -0.477 e. The van der Waals surface area contributed by atoms with E-state index in [1.807, 2.05) is 13.8 Å². The number of amides is 1. The Morgan fingerprint density at radius 1 is 1.50 bits per heavy atom. The molecule has 0 radical (unpaired) electrons. The molecule has 0 saturated carbocycles. The molecule has 2 heterocycles. The number of aliphatic hydroxyl groups is 1. The molecule has 7 heteroatoms. The molecule has 1 amide bonds. The Morgan fingerprint density at radius 3 is 3.00 bits per heavy atom. The maximum absolute atomic E-state index is 12.1. The van der Waals surface area contributed by atoms with Crippen LogP contribution in [0.25, 0.3) is 10.2 Å². The first-order chi connectivity index (χ1) is 9.69. The molecule has 0 fully saturated rings. The summed E-state index contributed by atoms with van der Waals surface area (Å²) in [5, 5.41) is 12.3. The molecular weight excluding hydrogens is 278 g/mol. The zero-order valence-corrected chi connectivity index (χ0v) is 12.3. The van der Waals surface area contributed by atoms with Gasteiger partial charge in [0.2, 0.25) is 5.88 Å². The normalized spacial score (nSPS) is 10.8. The minimum absolute atomic E-state index is 0.0612. The second kappa shape index (κ2) is 6.62. The molecule has 0 aliphatic heterocycles. The fraction of sp³-hybridized carbons (Fsp3) is 0.462. The second-order valence-corrected chi connectivity index (χ2v) is 5.18. The summed E-state index contributed by atoms with van der Waals surface area (Å²) < 4.78 is 5.48. The van der Waals surface area contributed by atoms with Crippen LogP contribution in [0.1, 0.15) is 28.6 Å². The van der Waals surface area contributed by atoms with Crippen LogP contribution in [0.15, 0.2) is 6.33 Å². The number of hydrogen-bond donors (Lipinski definition) is 2. The average Bonchev–Trinajstić information content (AvgIpc) is 2.78. The number of fused-ring (bicyclic) bond motifs is 1. The van der Waals surface area contributed by atoms with Gasteiger partial charge < -0.3 is 15.2 Å². The first-order valence-electron chi connectivity index (χ1n) is 6.45. The summed E-state index contributed by atoms with van der Waals surface area (Å²) >= 11 is 1.32. The van der Waals surface area contributed by atoms with E-state index in [4.69, 9.17) is 9.84 Å². The Morgan fingerprint density at radius 2 is 2.30 bits per heavy atom. The fourth-order valence-electron chi connectivity index (χ4n) is 1.86. The van der Waals surface area contributed by atoms with Gasteiger partial charge in [-0.2, -0.15) is 0 Å². The first-order valence-corrected chi connectivity index (χ1v) is 7.26. The molecule has 0 atom stereocenters. The number of thiophene rings is 1. The Hall–Kier alpha value is -1.73. The van der Waals surface area contributed by atoms with Crippen molar-refractivity contribution in [2.24, 2.45) is 0 Å². The van der Waals surface area contributed by atoms with Crippen molar-refractivity contribution in [3.05, 3.63) is 16.8 Å². The van der Waals surface area contributed by atoms with Gasteiger partial charge in [-0.25, -0.2) is 9.97 Å². The molecule has 0 bridgehead atoms. The number of carbonyl (C=O) groups excluding carboxylic acids is 1. The molecule has 0 spiro atoms. The van der Waals surface area contributed by atoms with E-state index < -0.39 is 0 Å². The standard InChI is InChI=1S/C13H17N3O3S/c1-3-19-12-9-8(2)10(11(18)14-5-4-6-17)20-13(9)16-7-15-12/h7,17H,3-6H2,1-2H3,(H,14,18). The van der Waals surface area contributed by atoms with Crippen LogP contribution in [0.2, 0.25) is 0 Å². The molecule has 0 aromatic carbocycles. The third-order valence-electron chi connectivity index (χ3n) is 2.80.